The van der Waals surface area contributed by atoms with E-state index in [1.807, 2.05) is 6.08 Å². The van der Waals surface area contributed by atoms with Gasteiger partial charge in [-0.25, -0.2) is 0 Å². The summed E-state index contributed by atoms with van der Waals surface area (Å²) in [6.07, 6.45) is 9.82. The average Bonchev–Trinajstić information content (AvgIpc) is 2.68. The molecule has 17 heavy (non-hydrogen) atoms. The van der Waals surface area contributed by atoms with Gasteiger partial charge < -0.3 is 9.64 Å². The number of fused-ring (bicyclic) bond motifs is 1. The van der Waals surface area contributed by atoms with Crippen LogP contribution in [0.15, 0.2) is 12.7 Å². The maximum absolute atomic E-state index is 12.1. The van der Waals surface area contributed by atoms with Crippen LogP contribution >= 0.6 is 0 Å². The molecule has 3 nitrogen and oxygen atoms in total. The van der Waals surface area contributed by atoms with Crippen LogP contribution in [0.5, 0.6) is 0 Å². The van der Waals surface area contributed by atoms with E-state index in [1.54, 1.807) is 0 Å². The Kier molecular flexibility index (Phi) is 2.74. The molecule has 0 unspecified atom stereocenters. The van der Waals surface area contributed by atoms with Gasteiger partial charge in [0.2, 0.25) is 5.91 Å². The Hall–Kier alpha value is -0.830. The lowest BCUT2D eigenvalue weighted by atomic mass is 9.79. The van der Waals surface area contributed by atoms with Gasteiger partial charge >= 0.3 is 0 Å². The second kappa shape index (κ2) is 4.13. The minimum atomic E-state index is 0.0706. The second-order valence-electron chi connectivity index (χ2n) is 5.63. The van der Waals surface area contributed by atoms with Crippen molar-refractivity contribution in [2.45, 2.75) is 62.7 Å². The van der Waals surface area contributed by atoms with E-state index in [2.05, 4.69) is 11.5 Å². The summed E-state index contributed by atoms with van der Waals surface area (Å²) in [5.41, 5.74) is 0.0706. The van der Waals surface area contributed by atoms with Gasteiger partial charge in [0.15, 0.2) is 0 Å². The largest absolute Gasteiger partial charge is 0.372 e. The lowest BCUT2D eigenvalue weighted by Crippen LogP contribution is -2.50. The Bertz CT molecular complexity index is 341. The first-order valence-corrected chi connectivity index (χ1v) is 6.83. The first-order chi connectivity index (χ1) is 8.26. The third kappa shape index (κ3) is 1.63. The van der Waals surface area contributed by atoms with Gasteiger partial charge in [0, 0.05) is 6.54 Å². The summed E-state index contributed by atoms with van der Waals surface area (Å²) in [5, 5.41) is 0. The number of allylic oxidation sites excluding steroid dienone is 1. The van der Waals surface area contributed by atoms with E-state index in [9.17, 15) is 4.79 Å². The van der Waals surface area contributed by atoms with Crippen LogP contribution in [0.2, 0.25) is 0 Å². The van der Waals surface area contributed by atoms with E-state index in [0.29, 0.717) is 18.4 Å². The van der Waals surface area contributed by atoms with Crippen LogP contribution in [-0.4, -0.2) is 35.1 Å². The van der Waals surface area contributed by atoms with E-state index < -0.39 is 0 Å². The molecule has 0 radical (unpaired) electrons. The van der Waals surface area contributed by atoms with Gasteiger partial charge in [-0.15, -0.1) is 6.58 Å². The van der Waals surface area contributed by atoms with Gasteiger partial charge in [-0.2, -0.15) is 0 Å². The maximum Gasteiger partial charge on any atom is 0.225 e. The van der Waals surface area contributed by atoms with E-state index in [4.69, 9.17) is 4.74 Å². The smallest absolute Gasteiger partial charge is 0.225 e. The fraction of sp³-hybridized carbons (Fsp3) is 0.786. The predicted octanol–water partition coefficient (Wildman–Crippen LogP) is 2.27. The molecule has 3 fully saturated rings. The van der Waals surface area contributed by atoms with E-state index >= 15 is 0 Å². The third-order valence-electron chi connectivity index (χ3n) is 4.66. The number of unbranched alkanes of at least 4 members (excludes halogenated alkanes) is 1. The fourth-order valence-electron chi connectivity index (χ4n) is 3.92. The summed E-state index contributed by atoms with van der Waals surface area (Å²) >= 11 is 0. The maximum atomic E-state index is 12.1. The lowest BCUT2D eigenvalue weighted by Gasteiger charge is -2.39. The molecule has 0 N–H and O–H groups in total. The Morgan fingerprint density at radius 1 is 1.59 bits per heavy atom. The first-order valence-electron chi connectivity index (χ1n) is 6.83. The van der Waals surface area contributed by atoms with Crippen molar-refractivity contribution in [3.05, 3.63) is 12.7 Å². The number of hydrogen-bond donors (Lipinski definition) is 0. The molecule has 3 rings (SSSR count). The number of likely N-dealkylation sites (tertiary alicyclic amines) is 1. The average molecular weight is 235 g/mol. The summed E-state index contributed by atoms with van der Waals surface area (Å²) in [5.74, 6) is 0.305. The van der Waals surface area contributed by atoms with Gasteiger partial charge in [0.1, 0.15) is 0 Å². The van der Waals surface area contributed by atoms with Crippen molar-refractivity contribution >= 4 is 5.91 Å². The molecule has 1 spiro atoms. The minimum Gasteiger partial charge on any atom is -0.372 e. The van der Waals surface area contributed by atoms with Crippen molar-refractivity contribution in [2.24, 2.45) is 0 Å². The highest BCUT2D eigenvalue weighted by atomic mass is 16.5. The van der Waals surface area contributed by atoms with Crippen molar-refractivity contribution in [2.75, 3.05) is 6.54 Å². The quantitative estimate of drug-likeness (QED) is 0.552. The predicted molar refractivity (Wildman–Crippen MR) is 65.6 cm³/mol. The molecule has 3 heteroatoms. The Morgan fingerprint density at radius 2 is 2.47 bits per heavy atom. The Morgan fingerprint density at radius 3 is 3.29 bits per heavy atom. The summed E-state index contributed by atoms with van der Waals surface area (Å²) in [7, 11) is 0. The molecule has 0 aromatic carbocycles. The van der Waals surface area contributed by atoms with Gasteiger partial charge in [-0.3, -0.25) is 4.79 Å². The van der Waals surface area contributed by atoms with Crippen LogP contribution in [-0.2, 0) is 9.53 Å². The van der Waals surface area contributed by atoms with Crippen LogP contribution in [0.1, 0.15) is 44.9 Å². The standard InChI is InChI=1S/C14H21NO2/c1-2-3-4-8-15-13(16)9-12-14(15)7-5-6-11(10-14)17-12/h2,11-12H,1,3-10H2/t11-,12+,14-/m1/s1. The van der Waals surface area contributed by atoms with Crippen LogP contribution in [0.4, 0.5) is 0 Å². The van der Waals surface area contributed by atoms with Gasteiger partial charge in [0.25, 0.3) is 0 Å². The normalized spacial score (nSPS) is 39.5. The summed E-state index contributed by atoms with van der Waals surface area (Å²) in [4.78, 5) is 14.2. The zero-order valence-corrected chi connectivity index (χ0v) is 10.4. The van der Waals surface area contributed by atoms with Crippen LogP contribution in [0.25, 0.3) is 0 Å². The molecule has 0 aromatic rings. The van der Waals surface area contributed by atoms with Crippen molar-refractivity contribution < 1.29 is 9.53 Å². The van der Waals surface area contributed by atoms with E-state index in [0.717, 1.165) is 32.2 Å². The van der Waals surface area contributed by atoms with Crippen LogP contribution in [0, 0.1) is 0 Å². The van der Waals surface area contributed by atoms with Crippen molar-refractivity contribution in [3.63, 3.8) is 0 Å². The first kappa shape index (κ1) is 11.3. The molecule has 1 saturated carbocycles. The van der Waals surface area contributed by atoms with E-state index in [1.165, 1.54) is 12.8 Å². The highest BCUT2D eigenvalue weighted by Crippen LogP contribution is 2.50. The number of nitrogens with zero attached hydrogens (tertiary/aromatic N) is 1. The molecule has 94 valence electrons. The summed E-state index contributed by atoms with van der Waals surface area (Å²) < 4.78 is 6.02. The van der Waals surface area contributed by atoms with Gasteiger partial charge in [0.05, 0.1) is 24.2 Å². The topological polar surface area (TPSA) is 29.5 Å². The molecular formula is C14H21NO2. The molecule has 3 atom stereocenters. The van der Waals surface area contributed by atoms with Crippen LogP contribution in [0.3, 0.4) is 0 Å². The highest BCUT2D eigenvalue weighted by Gasteiger charge is 2.59. The fourth-order valence-corrected chi connectivity index (χ4v) is 3.92. The number of carbonyl (C=O) groups is 1. The summed E-state index contributed by atoms with van der Waals surface area (Å²) in [6, 6.07) is 0. The third-order valence-corrected chi connectivity index (χ3v) is 4.66. The molecule has 3 aliphatic rings. The molecule has 2 bridgehead atoms. The zero-order valence-electron chi connectivity index (χ0n) is 10.4. The molecule has 2 saturated heterocycles. The molecular weight excluding hydrogens is 214 g/mol. The number of amides is 1. The Balaban J connectivity index is 1.76. The minimum absolute atomic E-state index is 0.0706. The molecule has 1 amide bonds. The zero-order chi connectivity index (χ0) is 11.9. The van der Waals surface area contributed by atoms with Crippen molar-refractivity contribution in [3.8, 4) is 0 Å². The SMILES string of the molecule is C=CCCCN1C(=O)C[C@@H]2O[C@@H]3CCC[C@@]21C3. The van der Waals surface area contributed by atoms with Gasteiger partial charge in [-0.1, -0.05) is 6.08 Å². The van der Waals surface area contributed by atoms with Crippen molar-refractivity contribution in [1.82, 2.24) is 4.90 Å². The van der Waals surface area contributed by atoms with Crippen molar-refractivity contribution in [1.29, 1.82) is 0 Å². The number of hydrogen-bond acceptors (Lipinski definition) is 2. The second-order valence-corrected chi connectivity index (χ2v) is 5.63. The van der Waals surface area contributed by atoms with Gasteiger partial charge in [-0.05, 0) is 38.5 Å². The lowest BCUT2D eigenvalue weighted by molar-refractivity contribution is -0.132. The highest BCUT2D eigenvalue weighted by molar-refractivity contribution is 5.81. The number of ether oxygens (including phenoxy) is 1. The van der Waals surface area contributed by atoms with E-state index in [-0.39, 0.29) is 11.6 Å². The monoisotopic (exact) mass is 235 g/mol. The van der Waals surface area contributed by atoms with Crippen LogP contribution < -0.4 is 0 Å². The Labute approximate surface area is 103 Å². The molecule has 1 aliphatic carbocycles. The summed E-state index contributed by atoms with van der Waals surface area (Å²) in [6.45, 7) is 4.63. The number of rotatable bonds is 4. The molecule has 2 heterocycles. The number of carbonyl (C=O) groups excluding carboxylic acids is 1. The molecule has 0 aromatic heterocycles. The molecule has 2 aliphatic heterocycles.